The Morgan fingerprint density at radius 3 is 2.67 bits per heavy atom. The molecule has 0 aliphatic carbocycles. The van der Waals surface area contributed by atoms with Crippen molar-refractivity contribution in [3.05, 3.63) is 22.7 Å². The molecule has 0 bridgehead atoms. The lowest BCUT2D eigenvalue weighted by atomic mass is 9.82. The van der Waals surface area contributed by atoms with Crippen LogP contribution in [-0.2, 0) is 4.79 Å². The van der Waals surface area contributed by atoms with Crippen LogP contribution in [0.2, 0.25) is 0 Å². The highest BCUT2D eigenvalue weighted by molar-refractivity contribution is 9.10. The monoisotopic (exact) mass is 395 g/mol. The van der Waals surface area contributed by atoms with Crippen molar-refractivity contribution < 1.29 is 14.7 Å². The van der Waals surface area contributed by atoms with Gasteiger partial charge >= 0.3 is 6.09 Å². The molecule has 2 N–H and O–H groups in total. The third-order valence-corrected chi connectivity index (χ3v) is 5.25. The van der Waals surface area contributed by atoms with Gasteiger partial charge in [-0.15, -0.1) is 0 Å². The van der Waals surface area contributed by atoms with Crippen molar-refractivity contribution in [2.45, 2.75) is 39.3 Å². The van der Waals surface area contributed by atoms with Crippen LogP contribution in [0.1, 0.15) is 27.2 Å². The third kappa shape index (κ3) is 3.09. The maximum atomic E-state index is 12.3. The molecule has 2 atom stereocenters. The fourth-order valence-electron chi connectivity index (χ4n) is 3.58. The topological polar surface area (TPSA) is 72.9 Å². The normalized spacial score (nSPS) is 23.9. The largest absolute Gasteiger partial charge is 0.465 e. The summed E-state index contributed by atoms with van der Waals surface area (Å²) in [4.78, 5) is 27.6. The first kappa shape index (κ1) is 17.1. The van der Waals surface area contributed by atoms with E-state index in [0.717, 1.165) is 15.8 Å². The number of rotatable bonds is 0. The zero-order valence-electron chi connectivity index (χ0n) is 14.0. The first-order valence-corrected chi connectivity index (χ1v) is 8.81. The molecule has 1 saturated heterocycles. The summed E-state index contributed by atoms with van der Waals surface area (Å²) in [5.41, 5.74) is 1.59. The molecule has 7 heteroatoms. The van der Waals surface area contributed by atoms with Crippen molar-refractivity contribution in [3.63, 3.8) is 0 Å². The Morgan fingerprint density at radius 1 is 1.33 bits per heavy atom. The number of carbonyl (C=O) groups excluding carboxylic acids is 1. The van der Waals surface area contributed by atoms with Gasteiger partial charge in [-0.05, 0) is 23.6 Å². The molecule has 0 spiro atoms. The molecule has 2 amide bonds. The van der Waals surface area contributed by atoms with Crippen LogP contribution in [0.3, 0.4) is 0 Å². The molecule has 2 aliphatic heterocycles. The molecule has 1 aromatic rings. The second kappa shape index (κ2) is 5.95. The molecule has 3 rings (SSSR count). The summed E-state index contributed by atoms with van der Waals surface area (Å²) in [6.07, 6.45) is -0.647. The van der Waals surface area contributed by atoms with Gasteiger partial charge in [-0.25, -0.2) is 4.79 Å². The van der Waals surface area contributed by atoms with Crippen LogP contribution in [0.25, 0.3) is 0 Å². The van der Waals surface area contributed by atoms with Gasteiger partial charge in [0.15, 0.2) is 0 Å². The second-order valence-corrected chi connectivity index (χ2v) is 8.46. The number of anilines is 2. The molecule has 2 heterocycles. The van der Waals surface area contributed by atoms with Gasteiger partial charge in [-0.2, -0.15) is 0 Å². The highest BCUT2D eigenvalue weighted by Gasteiger charge is 2.44. The van der Waals surface area contributed by atoms with E-state index in [2.05, 4.69) is 46.9 Å². The average molecular weight is 396 g/mol. The Labute approximate surface area is 149 Å². The fraction of sp³-hybridized carbons (Fsp3) is 0.529. The van der Waals surface area contributed by atoms with Crippen LogP contribution >= 0.6 is 15.9 Å². The van der Waals surface area contributed by atoms with Crippen LogP contribution in [-0.4, -0.2) is 47.2 Å². The SMILES string of the molecule is CC(C)(C)C1CN(C(=O)O)CC2CC(=O)Nc3ccc(Br)cc3N21. The lowest BCUT2D eigenvalue weighted by molar-refractivity contribution is -0.116. The Balaban J connectivity index is 2.12. The van der Waals surface area contributed by atoms with Gasteiger partial charge in [0, 0.05) is 24.0 Å². The van der Waals surface area contributed by atoms with E-state index in [1.165, 1.54) is 4.90 Å². The predicted octanol–water partition coefficient (Wildman–Crippen LogP) is 3.37. The van der Waals surface area contributed by atoms with Crippen molar-refractivity contribution in [1.82, 2.24) is 4.90 Å². The molecule has 0 aromatic heterocycles. The number of carbonyl (C=O) groups is 2. The number of benzene rings is 1. The van der Waals surface area contributed by atoms with Gasteiger partial charge in [0.1, 0.15) is 0 Å². The van der Waals surface area contributed by atoms with Gasteiger partial charge in [-0.1, -0.05) is 36.7 Å². The first-order chi connectivity index (χ1) is 11.2. The highest BCUT2D eigenvalue weighted by atomic mass is 79.9. The standard InChI is InChI=1S/C17H22BrN3O3/c1-17(2,3)14-9-20(16(23)24)8-11-7-15(22)19-12-5-4-10(18)6-13(12)21(11)14/h4-6,11,14H,7-9H2,1-3H3,(H,19,22)(H,23,24). The van der Waals surface area contributed by atoms with E-state index in [1.807, 2.05) is 18.2 Å². The Bertz CT molecular complexity index is 686. The van der Waals surface area contributed by atoms with E-state index in [-0.39, 0.29) is 29.8 Å². The molecule has 0 saturated carbocycles. The van der Waals surface area contributed by atoms with Crippen molar-refractivity contribution in [2.75, 3.05) is 23.3 Å². The average Bonchev–Trinajstić information content (AvgIpc) is 2.60. The minimum absolute atomic E-state index is 0.0203. The minimum atomic E-state index is -0.928. The quantitative estimate of drug-likeness (QED) is 0.705. The number of halogens is 1. The van der Waals surface area contributed by atoms with Crippen LogP contribution in [0.15, 0.2) is 22.7 Å². The molecular weight excluding hydrogens is 374 g/mol. The molecule has 2 aliphatic rings. The molecule has 1 aromatic carbocycles. The molecule has 24 heavy (non-hydrogen) atoms. The molecule has 0 radical (unpaired) electrons. The molecule has 6 nitrogen and oxygen atoms in total. The van der Waals surface area contributed by atoms with Crippen molar-refractivity contribution in [3.8, 4) is 0 Å². The summed E-state index contributed by atoms with van der Waals surface area (Å²) >= 11 is 3.51. The van der Waals surface area contributed by atoms with Gasteiger partial charge < -0.3 is 20.2 Å². The number of carboxylic acid groups (broad SMARTS) is 1. The van der Waals surface area contributed by atoms with Gasteiger partial charge in [0.2, 0.25) is 5.91 Å². The van der Waals surface area contributed by atoms with Gasteiger partial charge in [0.05, 0.1) is 23.5 Å². The van der Waals surface area contributed by atoms with Crippen LogP contribution in [0, 0.1) is 5.41 Å². The van der Waals surface area contributed by atoms with Crippen molar-refractivity contribution in [1.29, 1.82) is 0 Å². The summed E-state index contributed by atoms with van der Waals surface area (Å²) < 4.78 is 0.935. The number of hydrogen-bond acceptors (Lipinski definition) is 3. The number of nitrogens with zero attached hydrogens (tertiary/aromatic N) is 2. The molecular formula is C17H22BrN3O3. The first-order valence-electron chi connectivity index (χ1n) is 8.02. The van der Waals surface area contributed by atoms with Crippen LogP contribution < -0.4 is 10.2 Å². The van der Waals surface area contributed by atoms with Crippen LogP contribution in [0.4, 0.5) is 16.2 Å². The second-order valence-electron chi connectivity index (χ2n) is 7.54. The number of hydrogen-bond donors (Lipinski definition) is 2. The van der Waals surface area contributed by atoms with E-state index in [1.54, 1.807) is 0 Å². The summed E-state index contributed by atoms with van der Waals surface area (Å²) in [5, 5.41) is 12.4. The van der Waals surface area contributed by atoms with E-state index in [9.17, 15) is 14.7 Å². The van der Waals surface area contributed by atoms with E-state index in [4.69, 9.17) is 0 Å². The Kier molecular flexibility index (Phi) is 4.23. The van der Waals surface area contributed by atoms with E-state index in [0.29, 0.717) is 13.1 Å². The van der Waals surface area contributed by atoms with Crippen LogP contribution in [0.5, 0.6) is 0 Å². The van der Waals surface area contributed by atoms with Gasteiger partial charge in [-0.3, -0.25) is 4.79 Å². The highest BCUT2D eigenvalue weighted by Crippen LogP contribution is 2.41. The fourth-order valence-corrected chi connectivity index (χ4v) is 3.93. The van der Waals surface area contributed by atoms with Crippen molar-refractivity contribution >= 4 is 39.3 Å². The predicted molar refractivity (Wildman–Crippen MR) is 96.5 cm³/mol. The molecule has 1 fully saturated rings. The summed E-state index contributed by atoms with van der Waals surface area (Å²) in [7, 11) is 0. The summed E-state index contributed by atoms with van der Waals surface area (Å²) in [5.74, 6) is -0.0778. The lowest BCUT2D eigenvalue weighted by Crippen LogP contribution is -2.63. The number of fused-ring (bicyclic) bond motifs is 3. The smallest absolute Gasteiger partial charge is 0.407 e. The van der Waals surface area contributed by atoms with E-state index < -0.39 is 6.09 Å². The molecule has 130 valence electrons. The number of piperazine rings is 1. The Hall–Kier alpha value is -1.76. The minimum Gasteiger partial charge on any atom is -0.465 e. The van der Waals surface area contributed by atoms with Crippen molar-refractivity contribution in [2.24, 2.45) is 5.41 Å². The molecule has 2 unspecified atom stereocenters. The zero-order chi connectivity index (χ0) is 17.6. The lowest BCUT2D eigenvalue weighted by Gasteiger charge is -2.51. The van der Waals surface area contributed by atoms with E-state index >= 15 is 0 Å². The number of nitrogens with one attached hydrogen (secondary N) is 1. The summed E-state index contributed by atoms with van der Waals surface area (Å²) in [6.45, 7) is 7.09. The zero-order valence-corrected chi connectivity index (χ0v) is 15.6. The Morgan fingerprint density at radius 2 is 2.04 bits per heavy atom. The number of amides is 2. The third-order valence-electron chi connectivity index (χ3n) is 4.76. The van der Waals surface area contributed by atoms with Gasteiger partial charge in [0.25, 0.3) is 0 Å². The maximum Gasteiger partial charge on any atom is 0.407 e. The maximum absolute atomic E-state index is 12.3. The summed E-state index contributed by atoms with van der Waals surface area (Å²) in [6, 6.07) is 5.60.